The van der Waals surface area contributed by atoms with Crippen molar-refractivity contribution in [3.63, 3.8) is 0 Å². The molecule has 0 heterocycles. The Morgan fingerprint density at radius 3 is 0.974 bits per heavy atom. The van der Waals surface area contributed by atoms with Gasteiger partial charge >= 0.3 is 0 Å². The molecule has 0 bridgehead atoms. The summed E-state index contributed by atoms with van der Waals surface area (Å²) in [4.78, 5) is 4.86. The molecule has 0 fully saturated rings. The molecule has 14 rings (SSSR count). The average molecular weight is 1000 g/mol. The van der Waals surface area contributed by atoms with E-state index in [9.17, 15) is 0 Å². The van der Waals surface area contributed by atoms with Crippen molar-refractivity contribution < 1.29 is 0 Å². The Morgan fingerprint density at radius 1 is 0.256 bits per heavy atom. The van der Waals surface area contributed by atoms with Gasteiger partial charge in [0.15, 0.2) is 0 Å². The molecule has 2 aliphatic carbocycles. The van der Waals surface area contributed by atoms with Gasteiger partial charge in [0.1, 0.15) is 0 Å². The lowest BCUT2D eigenvalue weighted by molar-refractivity contribution is 0.660. The van der Waals surface area contributed by atoms with E-state index in [4.69, 9.17) is 0 Å². The minimum Gasteiger partial charge on any atom is -0.310 e. The molecule has 2 heteroatoms. The van der Waals surface area contributed by atoms with Gasteiger partial charge in [-0.3, -0.25) is 0 Å². The zero-order chi connectivity index (χ0) is 53.2. The maximum Gasteiger partial charge on any atom is 0.0468 e. The van der Waals surface area contributed by atoms with Crippen LogP contribution >= 0.6 is 0 Å². The van der Waals surface area contributed by atoms with Crippen molar-refractivity contribution in [3.8, 4) is 44.5 Å². The maximum atomic E-state index is 2.61. The fourth-order valence-corrected chi connectivity index (χ4v) is 13.7. The monoisotopic (exact) mass is 1000 g/mol. The third-order valence-corrected chi connectivity index (χ3v) is 17.2. The third-order valence-electron chi connectivity index (χ3n) is 17.2. The Morgan fingerprint density at radius 2 is 0.590 bits per heavy atom. The van der Waals surface area contributed by atoms with Crippen LogP contribution in [0.1, 0.15) is 72.2 Å². The maximum absolute atomic E-state index is 2.61. The Bertz CT molecular complexity index is 4100. The standard InChI is InChI=1S/C76H62N2/c1-47-35-48(2)38-55(37-47)71-65-45-70-74(64-34-32-62(44-68(64)76(70,7)8)78(58-25-13-10-14-26-58)60-30-28-52-20-16-18-22-54(52)42-60)72(56-39-49(3)36-50(4)40-56)66(65)46-69-73(71)63-33-31-61(43-67(63)75(69,5)6)77(57-23-11-9-12-24-57)59-29-27-51-19-15-17-21-53(51)41-59/h9-46H,1-8H3. The molecule has 2 aliphatic rings. The van der Waals surface area contributed by atoms with Crippen molar-refractivity contribution in [2.24, 2.45) is 0 Å². The van der Waals surface area contributed by atoms with E-state index < -0.39 is 0 Å². The Labute approximate surface area is 459 Å². The van der Waals surface area contributed by atoms with E-state index in [-0.39, 0.29) is 10.8 Å². The van der Waals surface area contributed by atoms with Crippen molar-refractivity contribution in [1.29, 1.82) is 0 Å². The molecule has 78 heavy (non-hydrogen) atoms. The third kappa shape index (κ3) is 7.53. The second-order valence-electron chi connectivity index (χ2n) is 23.3. The van der Waals surface area contributed by atoms with Gasteiger partial charge in [-0.15, -0.1) is 0 Å². The van der Waals surface area contributed by atoms with Crippen molar-refractivity contribution in [1.82, 2.24) is 0 Å². The van der Waals surface area contributed by atoms with Gasteiger partial charge in [-0.05, 0) is 212 Å². The van der Waals surface area contributed by atoms with E-state index in [1.165, 1.54) is 121 Å². The molecule has 12 aromatic carbocycles. The van der Waals surface area contributed by atoms with Crippen LogP contribution in [0.2, 0.25) is 0 Å². The fourth-order valence-electron chi connectivity index (χ4n) is 13.7. The molecule has 0 N–H and O–H groups in total. The van der Waals surface area contributed by atoms with Gasteiger partial charge in [0.05, 0.1) is 0 Å². The van der Waals surface area contributed by atoms with Crippen molar-refractivity contribution in [2.45, 2.75) is 66.2 Å². The van der Waals surface area contributed by atoms with Crippen LogP contribution in [-0.2, 0) is 10.8 Å². The lowest BCUT2D eigenvalue weighted by Crippen LogP contribution is -2.17. The largest absolute Gasteiger partial charge is 0.310 e. The normalized spacial score (nSPS) is 13.6. The van der Waals surface area contributed by atoms with Gasteiger partial charge in [0.25, 0.3) is 0 Å². The number of nitrogens with zero attached hydrogens (tertiary/aromatic N) is 2. The highest BCUT2D eigenvalue weighted by atomic mass is 15.1. The molecular formula is C76H62N2. The van der Waals surface area contributed by atoms with Crippen LogP contribution in [0.3, 0.4) is 0 Å². The van der Waals surface area contributed by atoms with Gasteiger partial charge in [0, 0.05) is 45.0 Å². The second-order valence-corrected chi connectivity index (χ2v) is 23.3. The van der Waals surface area contributed by atoms with E-state index in [0.29, 0.717) is 0 Å². The van der Waals surface area contributed by atoms with Gasteiger partial charge in [-0.1, -0.05) is 196 Å². The number of para-hydroxylation sites is 2. The Hall–Kier alpha value is -8.98. The molecule has 0 aromatic heterocycles. The van der Waals surface area contributed by atoms with E-state index in [1.54, 1.807) is 0 Å². The van der Waals surface area contributed by atoms with Crippen LogP contribution in [-0.4, -0.2) is 0 Å². The van der Waals surface area contributed by atoms with Gasteiger partial charge in [0.2, 0.25) is 0 Å². The molecule has 376 valence electrons. The van der Waals surface area contributed by atoms with Gasteiger partial charge in [-0.25, -0.2) is 0 Å². The van der Waals surface area contributed by atoms with E-state index in [2.05, 4.69) is 296 Å². The van der Waals surface area contributed by atoms with Crippen LogP contribution in [0, 0.1) is 27.7 Å². The SMILES string of the molecule is Cc1cc(C)cc(-c2c3c(cc4c(-c5cc(C)cc(C)c5)c5c(cc24)C(C)(C)c2cc(N(c4ccccc4)c4ccc6ccccc6c4)ccc2-5)C(C)(C)c2cc(N(c4ccccc4)c4ccc5ccccc5c4)ccc2-3)c1. The summed E-state index contributed by atoms with van der Waals surface area (Å²) in [5.41, 5.74) is 27.1. The van der Waals surface area contributed by atoms with Crippen LogP contribution < -0.4 is 9.80 Å². The van der Waals surface area contributed by atoms with E-state index in [1.807, 2.05) is 0 Å². The summed E-state index contributed by atoms with van der Waals surface area (Å²) < 4.78 is 0. The minimum atomic E-state index is -0.344. The first kappa shape index (κ1) is 47.5. The van der Waals surface area contributed by atoms with Crippen LogP contribution in [0.4, 0.5) is 34.1 Å². The molecule has 0 spiro atoms. The molecule has 2 nitrogen and oxygen atoms in total. The predicted molar refractivity (Wildman–Crippen MR) is 333 cm³/mol. The number of fused-ring (bicyclic) bond motifs is 9. The fraction of sp³-hybridized carbons (Fsp3) is 0.132. The summed E-state index contributed by atoms with van der Waals surface area (Å²) in [6.07, 6.45) is 0. The average Bonchev–Trinajstić information content (AvgIpc) is 3.67. The lowest BCUT2D eigenvalue weighted by Gasteiger charge is -2.29. The molecule has 0 radical (unpaired) electrons. The summed E-state index contributed by atoms with van der Waals surface area (Å²) >= 11 is 0. The highest BCUT2D eigenvalue weighted by molar-refractivity contribution is 6.17. The number of aryl methyl sites for hydroxylation is 4. The number of hydrogen-bond acceptors (Lipinski definition) is 2. The van der Waals surface area contributed by atoms with Gasteiger partial charge < -0.3 is 9.80 Å². The molecule has 0 atom stereocenters. The molecule has 0 aliphatic heterocycles. The summed E-state index contributed by atoms with van der Waals surface area (Å²) in [6.45, 7) is 18.8. The van der Waals surface area contributed by atoms with E-state index >= 15 is 0 Å². The Balaban J connectivity index is 1.03. The predicted octanol–water partition coefficient (Wildman–Crippen LogP) is 21.3. The molecule has 0 saturated heterocycles. The first-order valence-electron chi connectivity index (χ1n) is 27.6. The van der Waals surface area contributed by atoms with Crippen molar-refractivity contribution >= 4 is 66.4 Å². The lowest BCUT2D eigenvalue weighted by atomic mass is 9.76. The molecular weight excluding hydrogens is 941 g/mol. The highest BCUT2D eigenvalue weighted by Crippen LogP contribution is 2.61. The summed E-state index contributed by atoms with van der Waals surface area (Å²) in [5, 5.41) is 7.51. The number of anilines is 6. The highest BCUT2D eigenvalue weighted by Gasteiger charge is 2.43. The zero-order valence-corrected chi connectivity index (χ0v) is 45.8. The summed E-state index contributed by atoms with van der Waals surface area (Å²) in [6, 6.07) is 86.9. The topological polar surface area (TPSA) is 6.48 Å². The Kier molecular flexibility index (Phi) is 10.8. The smallest absolute Gasteiger partial charge is 0.0468 e. The van der Waals surface area contributed by atoms with Crippen LogP contribution in [0.25, 0.3) is 76.8 Å². The molecule has 12 aromatic rings. The second kappa shape index (κ2) is 17.8. The van der Waals surface area contributed by atoms with Crippen LogP contribution in [0.15, 0.2) is 231 Å². The zero-order valence-electron chi connectivity index (χ0n) is 45.8. The van der Waals surface area contributed by atoms with Crippen molar-refractivity contribution in [2.75, 3.05) is 9.80 Å². The first-order chi connectivity index (χ1) is 37.8. The molecule has 0 unspecified atom stereocenters. The van der Waals surface area contributed by atoms with E-state index in [0.717, 1.165) is 34.1 Å². The number of hydrogen-bond donors (Lipinski definition) is 0. The van der Waals surface area contributed by atoms with Gasteiger partial charge in [-0.2, -0.15) is 0 Å². The first-order valence-corrected chi connectivity index (χ1v) is 27.6. The minimum absolute atomic E-state index is 0.344. The number of benzene rings is 12. The van der Waals surface area contributed by atoms with Crippen LogP contribution in [0.5, 0.6) is 0 Å². The quantitative estimate of drug-likeness (QED) is 0.150. The molecule has 0 saturated carbocycles. The molecule has 0 amide bonds. The number of rotatable bonds is 8. The summed E-state index contributed by atoms with van der Waals surface area (Å²) in [5.74, 6) is 0. The summed E-state index contributed by atoms with van der Waals surface area (Å²) in [7, 11) is 0. The van der Waals surface area contributed by atoms with Crippen molar-refractivity contribution in [3.05, 3.63) is 275 Å².